The van der Waals surface area contributed by atoms with E-state index in [-0.39, 0.29) is 5.91 Å². The van der Waals surface area contributed by atoms with Crippen LogP contribution in [-0.2, 0) is 17.8 Å². The third-order valence-electron chi connectivity index (χ3n) is 4.72. The van der Waals surface area contributed by atoms with Gasteiger partial charge in [-0.2, -0.15) is 0 Å². The Morgan fingerprint density at radius 1 is 0.929 bits per heavy atom. The van der Waals surface area contributed by atoms with Crippen molar-refractivity contribution >= 4 is 32.6 Å². The predicted octanol–water partition coefficient (Wildman–Crippen LogP) is 5.77. The minimum absolute atomic E-state index is 0.100. The highest BCUT2D eigenvalue weighted by molar-refractivity contribution is 7.22. The van der Waals surface area contributed by atoms with E-state index in [1.807, 2.05) is 47.4 Å². The average Bonchev–Trinajstić information content (AvgIpc) is 3.14. The molecule has 4 aromatic rings. The number of carbonyl (C=O) groups is 1. The number of nitrogens with zero attached hydrogens (tertiary/aromatic N) is 2. The van der Waals surface area contributed by atoms with E-state index in [9.17, 15) is 4.79 Å². The van der Waals surface area contributed by atoms with Crippen molar-refractivity contribution in [2.75, 3.05) is 4.90 Å². The average molecular weight is 387 g/mol. The van der Waals surface area contributed by atoms with E-state index in [1.54, 1.807) is 11.3 Å². The molecule has 0 aliphatic carbocycles. The van der Waals surface area contributed by atoms with Crippen LogP contribution in [0.3, 0.4) is 0 Å². The normalized spacial score (nSPS) is 10.9. The Morgan fingerprint density at radius 3 is 2.32 bits per heavy atom. The summed E-state index contributed by atoms with van der Waals surface area (Å²) >= 11 is 1.58. The molecule has 0 atom stereocenters. The standard InChI is InChI=1S/C24H22N2OS/c1-18-12-14-21-22(16-18)28-24(25-21)26(17-20-10-6-3-7-11-20)23(27)15-13-19-8-4-2-5-9-19/h2-12,14,16H,13,15,17H2,1H3. The van der Waals surface area contributed by atoms with Gasteiger partial charge in [-0.25, -0.2) is 4.98 Å². The van der Waals surface area contributed by atoms with Gasteiger partial charge in [0.15, 0.2) is 5.13 Å². The van der Waals surface area contributed by atoms with Gasteiger partial charge in [-0.3, -0.25) is 9.69 Å². The van der Waals surface area contributed by atoms with Crippen molar-refractivity contribution in [1.29, 1.82) is 0 Å². The van der Waals surface area contributed by atoms with Crippen molar-refractivity contribution in [2.45, 2.75) is 26.3 Å². The van der Waals surface area contributed by atoms with Crippen LogP contribution in [0.15, 0.2) is 78.9 Å². The van der Waals surface area contributed by atoms with Crippen molar-refractivity contribution < 1.29 is 4.79 Å². The van der Waals surface area contributed by atoms with Gasteiger partial charge in [-0.15, -0.1) is 0 Å². The highest BCUT2D eigenvalue weighted by atomic mass is 32.1. The van der Waals surface area contributed by atoms with Crippen molar-refractivity contribution in [2.24, 2.45) is 0 Å². The molecule has 3 nitrogen and oxygen atoms in total. The largest absolute Gasteiger partial charge is 0.284 e. The second kappa shape index (κ2) is 8.36. The Hall–Kier alpha value is -2.98. The molecule has 0 spiro atoms. The molecule has 1 amide bonds. The van der Waals surface area contributed by atoms with Crippen LogP contribution in [0.4, 0.5) is 5.13 Å². The summed E-state index contributed by atoms with van der Waals surface area (Å²) in [5.41, 5.74) is 4.42. The Balaban J connectivity index is 1.61. The topological polar surface area (TPSA) is 33.2 Å². The minimum atomic E-state index is 0.100. The highest BCUT2D eigenvalue weighted by Crippen LogP contribution is 2.31. The SMILES string of the molecule is Cc1ccc2nc(N(Cc3ccccc3)C(=O)CCc3ccccc3)sc2c1. The number of rotatable bonds is 6. The van der Waals surface area contributed by atoms with Crippen LogP contribution in [-0.4, -0.2) is 10.9 Å². The number of thiazole rings is 1. The molecule has 1 heterocycles. The van der Waals surface area contributed by atoms with Gasteiger partial charge in [0.25, 0.3) is 0 Å². The number of anilines is 1. The summed E-state index contributed by atoms with van der Waals surface area (Å²) in [5.74, 6) is 0.100. The van der Waals surface area contributed by atoms with Crippen LogP contribution in [0.2, 0.25) is 0 Å². The Morgan fingerprint density at radius 2 is 1.61 bits per heavy atom. The highest BCUT2D eigenvalue weighted by Gasteiger charge is 2.20. The molecule has 0 N–H and O–H groups in total. The maximum Gasteiger partial charge on any atom is 0.229 e. The van der Waals surface area contributed by atoms with E-state index in [2.05, 4.69) is 43.3 Å². The lowest BCUT2D eigenvalue weighted by atomic mass is 10.1. The van der Waals surface area contributed by atoms with Gasteiger partial charge in [0.05, 0.1) is 16.8 Å². The fraction of sp³-hybridized carbons (Fsp3) is 0.167. The van der Waals surface area contributed by atoms with Gasteiger partial charge in [-0.1, -0.05) is 78.1 Å². The van der Waals surface area contributed by atoms with E-state index in [1.165, 1.54) is 11.1 Å². The van der Waals surface area contributed by atoms with Crippen molar-refractivity contribution in [3.8, 4) is 0 Å². The van der Waals surface area contributed by atoms with Crippen LogP contribution >= 0.6 is 11.3 Å². The Bertz CT molecular complexity index is 1070. The van der Waals surface area contributed by atoms with Crippen LogP contribution in [0, 0.1) is 6.92 Å². The lowest BCUT2D eigenvalue weighted by Crippen LogP contribution is -2.30. The third-order valence-corrected chi connectivity index (χ3v) is 5.76. The quantitative estimate of drug-likeness (QED) is 0.421. The first-order valence-corrected chi connectivity index (χ1v) is 10.3. The molecule has 4 rings (SSSR count). The molecule has 0 saturated carbocycles. The van der Waals surface area contributed by atoms with Crippen molar-refractivity contribution in [3.05, 3.63) is 95.6 Å². The summed E-state index contributed by atoms with van der Waals surface area (Å²) in [5, 5.41) is 0.766. The maximum absolute atomic E-state index is 13.2. The lowest BCUT2D eigenvalue weighted by molar-refractivity contribution is -0.118. The second-order valence-electron chi connectivity index (χ2n) is 6.92. The van der Waals surface area contributed by atoms with E-state index < -0.39 is 0 Å². The van der Waals surface area contributed by atoms with E-state index >= 15 is 0 Å². The van der Waals surface area contributed by atoms with Gasteiger partial charge >= 0.3 is 0 Å². The molecule has 0 fully saturated rings. The zero-order valence-electron chi connectivity index (χ0n) is 15.8. The molecule has 4 heteroatoms. The molecule has 0 saturated heterocycles. The van der Waals surface area contributed by atoms with Gasteiger partial charge in [0.1, 0.15) is 0 Å². The molecule has 1 aromatic heterocycles. The fourth-order valence-electron chi connectivity index (χ4n) is 3.19. The van der Waals surface area contributed by atoms with Crippen LogP contribution in [0.1, 0.15) is 23.1 Å². The number of hydrogen-bond acceptors (Lipinski definition) is 3. The molecule has 0 bridgehead atoms. The van der Waals surface area contributed by atoms with Gasteiger partial charge in [0, 0.05) is 6.42 Å². The number of hydrogen-bond donors (Lipinski definition) is 0. The smallest absolute Gasteiger partial charge is 0.229 e. The molecular weight excluding hydrogens is 364 g/mol. The van der Waals surface area contributed by atoms with Crippen molar-refractivity contribution in [3.63, 3.8) is 0 Å². The van der Waals surface area contributed by atoms with Crippen LogP contribution < -0.4 is 4.90 Å². The lowest BCUT2D eigenvalue weighted by Gasteiger charge is -2.20. The zero-order valence-corrected chi connectivity index (χ0v) is 16.7. The first kappa shape index (κ1) is 18.4. The molecule has 0 radical (unpaired) electrons. The molecule has 28 heavy (non-hydrogen) atoms. The van der Waals surface area contributed by atoms with Gasteiger partial charge < -0.3 is 0 Å². The number of aryl methyl sites for hydroxylation is 2. The summed E-state index contributed by atoms with van der Waals surface area (Å²) in [4.78, 5) is 19.7. The summed E-state index contributed by atoms with van der Waals surface area (Å²) < 4.78 is 1.11. The molecule has 0 unspecified atom stereocenters. The number of benzene rings is 3. The monoisotopic (exact) mass is 386 g/mol. The van der Waals surface area contributed by atoms with Crippen LogP contribution in [0.25, 0.3) is 10.2 Å². The molecule has 140 valence electrons. The molecule has 3 aromatic carbocycles. The third kappa shape index (κ3) is 4.29. The second-order valence-corrected chi connectivity index (χ2v) is 7.93. The predicted molar refractivity (Wildman–Crippen MR) is 117 cm³/mol. The molecule has 0 aliphatic rings. The minimum Gasteiger partial charge on any atom is -0.284 e. The number of aromatic nitrogens is 1. The molecular formula is C24H22N2OS. The number of carbonyl (C=O) groups excluding carboxylic acids is 1. The van der Waals surface area contributed by atoms with E-state index in [0.29, 0.717) is 13.0 Å². The first-order valence-electron chi connectivity index (χ1n) is 9.44. The zero-order chi connectivity index (χ0) is 19.3. The van der Waals surface area contributed by atoms with Crippen LogP contribution in [0.5, 0.6) is 0 Å². The summed E-state index contributed by atoms with van der Waals surface area (Å²) in [6.45, 7) is 2.61. The fourth-order valence-corrected chi connectivity index (χ4v) is 4.27. The Kier molecular flexibility index (Phi) is 5.49. The number of amides is 1. The van der Waals surface area contributed by atoms with Gasteiger partial charge in [0.2, 0.25) is 5.91 Å². The summed E-state index contributed by atoms with van der Waals surface area (Å²) in [6.07, 6.45) is 1.20. The van der Waals surface area contributed by atoms with E-state index in [0.717, 1.165) is 27.3 Å². The summed E-state index contributed by atoms with van der Waals surface area (Å²) in [6, 6.07) is 26.5. The summed E-state index contributed by atoms with van der Waals surface area (Å²) in [7, 11) is 0. The Labute approximate surface area is 169 Å². The molecule has 0 aliphatic heterocycles. The number of fused-ring (bicyclic) bond motifs is 1. The van der Waals surface area contributed by atoms with Gasteiger partial charge in [-0.05, 0) is 42.2 Å². The van der Waals surface area contributed by atoms with Crippen molar-refractivity contribution in [1.82, 2.24) is 4.98 Å². The maximum atomic E-state index is 13.2. The first-order chi connectivity index (χ1) is 13.7. The van der Waals surface area contributed by atoms with E-state index in [4.69, 9.17) is 4.98 Å².